The van der Waals surface area contributed by atoms with Crippen molar-refractivity contribution >= 4 is 0 Å². The number of piperazine rings is 1. The minimum Gasteiger partial charge on any atom is -0.488 e. The van der Waals surface area contributed by atoms with Crippen LogP contribution in [0.3, 0.4) is 0 Å². The molecule has 1 fully saturated rings. The first-order valence-corrected chi connectivity index (χ1v) is 7.24. The molecule has 19 heavy (non-hydrogen) atoms. The second kappa shape index (κ2) is 6.40. The van der Waals surface area contributed by atoms with Gasteiger partial charge in [-0.25, -0.2) is 0 Å². The Kier molecular flexibility index (Phi) is 4.83. The SMILES string of the molecule is CC(C)(C)Oc1ccc(CCN2CCNCC2)cc1. The van der Waals surface area contributed by atoms with Gasteiger partial charge in [0.1, 0.15) is 11.4 Å². The standard InChI is InChI=1S/C16H26N2O/c1-16(2,3)19-15-6-4-14(5-7-15)8-11-18-12-9-17-10-13-18/h4-7,17H,8-13H2,1-3H3. The summed E-state index contributed by atoms with van der Waals surface area (Å²) in [4.78, 5) is 2.52. The van der Waals surface area contributed by atoms with Crippen LogP contribution in [0.4, 0.5) is 0 Å². The number of ether oxygens (including phenoxy) is 1. The van der Waals surface area contributed by atoms with Gasteiger partial charge < -0.3 is 15.0 Å². The molecule has 3 nitrogen and oxygen atoms in total. The molecule has 2 rings (SSSR count). The fourth-order valence-electron chi connectivity index (χ4n) is 2.30. The topological polar surface area (TPSA) is 24.5 Å². The first-order chi connectivity index (χ1) is 9.03. The van der Waals surface area contributed by atoms with Crippen molar-refractivity contribution in [3.63, 3.8) is 0 Å². The molecule has 0 aromatic heterocycles. The summed E-state index contributed by atoms with van der Waals surface area (Å²) in [6, 6.07) is 8.53. The van der Waals surface area contributed by atoms with E-state index in [2.05, 4.69) is 55.3 Å². The zero-order valence-electron chi connectivity index (χ0n) is 12.4. The van der Waals surface area contributed by atoms with E-state index >= 15 is 0 Å². The third kappa shape index (κ3) is 5.21. The second-order valence-corrected chi connectivity index (χ2v) is 6.20. The summed E-state index contributed by atoms with van der Waals surface area (Å²) in [7, 11) is 0. The number of rotatable bonds is 4. The summed E-state index contributed by atoms with van der Waals surface area (Å²) < 4.78 is 5.83. The molecule has 0 saturated carbocycles. The fourth-order valence-corrected chi connectivity index (χ4v) is 2.30. The van der Waals surface area contributed by atoms with Gasteiger partial charge in [-0.3, -0.25) is 0 Å². The van der Waals surface area contributed by atoms with Crippen molar-refractivity contribution in [1.29, 1.82) is 0 Å². The van der Waals surface area contributed by atoms with Crippen LogP contribution in [0.25, 0.3) is 0 Å². The van der Waals surface area contributed by atoms with Crippen LogP contribution in [-0.2, 0) is 6.42 Å². The van der Waals surface area contributed by atoms with Crippen molar-refractivity contribution in [2.75, 3.05) is 32.7 Å². The molecular weight excluding hydrogens is 236 g/mol. The predicted octanol–water partition coefficient (Wildman–Crippen LogP) is 2.31. The van der Waals surface area contributed by atoms with Gasteiger partial charge in [0, 0.05) is 32.7 Å². The van der Waals surface area contributed by atoms with E-state index in [1.165, 1.54) is 18.7 Å². The van der Waals surface area contributed by atoms with E-state index in [0.29, 0.717) is 0 Å². The van der Waals surface area contributed by atoms with Crippen molar-refractivity contribution in [3.8, 4) is 5.75 Å². The molecule has 1 N–H and O–H groups in total. The van der Waals surface area contributed by atoms with Crippen molar-refractivity contribution in [3.05, 3.63) is 29.8 Å². The van der Waals surface area contributed by atoms with Gasteiger partial charge in [-0.2, -0.15) is 0 Å². The maximum atomic E-state index is 5.83. The minimum atomic E-state index is -0.123. The Morgan fingerprint density at radius 1 is 1.11 bits per heavy atom. The Morgan fingerprint density at radius 2 is 1.74 bits per heavy atom. The maximum Gasteiger partial charge on any atom is 0.120 e. The average molecular weight is 262 g/mol. The van der Waals surface area contributed by atoms with Gasteiger partial charge in [0.15, 0.2) is 0 Å². The van der Waals surface area contributed by atoms with Crippen LogP contribution in [0.5, 0.6) is 5.75 Å². The van der Waals surface area contributed by atoms with Crippen molar-refractivity contribution in [2.45, 2.75) is 32.8 Å². The van der Waals surface area contributed by atoms with Crippen molar-refractivity contribution in [1.82, 2.24) is 10.2 Å². The Labute approximate surface area is 116 Å². The summed E-state index contributed by atoms with van der Waals surface area (Å²) >= 11 is 0. The third-order valence-corrected chi connectivity index (χ3v) is 3.27. The Hall–Kier alpha value is -1.06. The third-order valence-electron chi connectivity index (χ3n) is 3.27. The second-order valence-electron chi connectivity index (χ2n) is 6.20. The van der Waals surface area contributed by atoms with Crippen LogP contribution in [0.15, 0.2) is 24.3 Å². The van der Waals surface area contributed by atoms with E-state index in [4.69, 9.17) is 4.74 Å². The van der Waals surface area contributed by atoms with Crippen LogP contribution in [0.2, 0.25) is 0 Å². The van der Waals surface area contributed by atoms with E-state index in [-0.39, 0.29) is 5.60 Å². The van der Waals surface area contributed by atoms with Gasteiger partial charge in [-0.1, -0.05) is 12.1 Å². The molecule has 3 heteroatoms. The number of nitrogens with zero attached hydrogens (tertiary/aromatic N) is 1. The molecule has 1 aliphatic heterocycles. The van der Waals surface area contributed by atoms with Crippen LogP contribution >= 0.6 is 0 Å². The Morgan fingerprint density at radius 3 is 2.32 bits per heavy atom. The lowest BCUT2D eigenvalue weighted by molar-refractivity contribution is 0.131. The molecule has 106 valence electrons. The molecule has 1 heterocycles. The van der Waals surface area contributed by atoms with E-state index in [9.17, 15) is 0 Å². The molecule has 0 atom stereocenters. The average Bonchev–Trinajstić information content (AvgIpc) is 2.37. The first kappa shape index (κ1) is 14.4. The Bertz CT molecular complexity index is 375. The van der Waals surface area contributed by atoms with Crippen LogP contribution in [-0.4, -0.2) is 43.2 Å². The summed E-state index contributed by atoms with van der Waals surface area (Å²) in [6.07, 6.45) is 1.12. The highest BCUT2D eigenvalue weighted by Crippen LogP contribution is 2.18. The quantitative estimate of drug-likeness (QED) is 0.901. The summed E-state index contributed by atoms with van der Waals surface area (Å²) in [5.41, 5.74) is 1.27. The predicted molar refractivity (Wildman–Crippen MR) is 79.8 cm³/mol. The Balaban J connectivity index is 1.81. The zero-order valence-corrected chi connectivity index (χ0v) is 12.4. The number of nitrogens with one attached hydrogen (secondary N) is 1. The molecule has 1 saturated heterocycles. The maximum absolute atomic E-state index is 5.83. The molecule has 1 aromatic carbocycles. The van der Waals surface area contributed by atoms with Crippen molar-refractivity contribution < 1.29 is 4.74 Å². The van der Waals surface area contributed by atoms with Gasteiger partial charge in [0.25, 0.3) is 0 Å². The molecule has 1 aromatic rings. The molecule has 0 amide bonds. The van der Waals surface area contributed by atoms with E-state index in [0.717, 1.165) is 31.8 Å². The number of benzene rings is 1. The highest BCUT2D eigenvalue weighted by atomic mass is 16.5. The lowest BCUT2D eigenvalue weighted by Crippen LogP contribution is -2.44. The molecule has 0 spiro atoms. The van der Waals surface area contributed by atoms with Gasteiger partial charge >= 0.3 is 0 Å². The molecular formula is C16H26N2O. The van der Waals surface area contributed by atoms with Gasteiger partial charge in [0.05, 0.1) is 0 Å². The zero-order chi connectivity index (χ0) is 13.7. The van der Waals surface area contributed by atoms with Crippen LogP contribution < -0.4 is 10.1 Å². The van der Waals surface area contributed by atoms with E-state index in [1.807, 2.05) is 0 Å². The first-order valence-electron chi connectivity index (χ1n) is 7.24. The highest BCUT2D eigenvalue weighted by Gasteiger charge is 2.12. The van der Waals surface area contributed by atoms with Crippen molar-refractivity contribution in [2.24, 2.45) is 0 Å². The summed E-state index contributed by atoms with van der Waals surface area (Å²) in [6.45, 7) is 12.0. The summed E-state index contributed by atoms with van der Waals surface area (Å²) in [5.74, 6) is 0.957. The molecule has 0 unspecified atom stereocenters. The van der Waals surface area contributed by atoms with Crippen LogP contribution in [0.1, 0.15) is 26.3 Å². The highest BCUT2D eigenvalue weighted by molar-refractivity contribution is 5.28. The van der Waals surface area contributed by atoms with Gasteiger partial charge in [-0.15, -0.1) is 0 Å². The molecule has 1 aliphatic rings. The monoisotopic (exact) mass is 262 g/mol. The summed E-state index contributed by atoms with van der Waals surface area (Å²) in [5, 5.41) is 3.38. The van der Waals surface area contributed by atoms with E-state index in [1.54, 1.807) is 0 Å². The lowest BCUT2D eigenvalue weighted by atomic mass is 10.1. The van der Waals surface area contributed by atoms with Gasteiger partial charge in [-0.05, 0) is 44.9 Å². The number of hydrogen-bond donors (Lipinski definition) is 1. The van der Waals surface area contributed by atoms with E-state index < -0.39 is 0 Å². The molecule has 0 aliphatic carbocycles. The van der Waals surface area contributed by atoms with Crippen LogP contribution in [0, 0.1) is 0 Å². The largest absolute Gasteiger partial charge is 0.488 e. The van der Waals surface area contributed by atoms with Gasteiger partial charge in [0.2, 0.25) is 0 Å². The molecule has 0 bridgehead atoms. The number of hydrogen-bond acceptors (Lipinski definition) is 3. The lowest BCUT2D eigenvalue weighted by Gasteiger charge is -2.27. The molecule has 0 radical (unpaired) electrons. The minimum absolute atomic E-state index is 0.123. The fraction of sp³-hybridized carbons (Fsp3) is 0.625. The smallest absolute Gasteiger partial charge is 0.120 e. The normalized spacial score (nSPS) is 17.4.